The van der Waals surface area contributed by atoms with Gasteiger partial charge in [-0.05, 0) is 37.1 Å². The van der Waals surface area contributed by atoms with E-state index >= 15 is 0 Å². The zero-order valence-corrected chi connectivity index (χ0v) is 11.6. The van der Waals surface area contributed by atoms with Crippen LogP contribution in [-0.4, -0.2) is 38.9 Å². The molecule has 0 amide bonds. The van der Waals surface area contributed by atoms with Crippen LogP contribution in [0.15, 0.2) is 5.11 Å². The summed E-state index contributed by atoms with van der Waals surface area (Å²) in [5, 5.41) is 3.40. The monoisotopic (exact) mass is 275 g/mol. The lowest BCUT2D eigenvalue weighted by Crippen LogP contribution is -2.44. The predicted molar refractivity (Wildman–Crippen MR) is 70.1 cm³/mol. The predicted octanol–water partition coefficient (Wildman–Crippen LogP) is 1.64. The second-order valence-corrected chi connectivity index (χ2v) is 6.40. The van der Waals surface area contributed by atoms with Crippen LogP contribution < -0.4 is 4.72 Å². The lowest BCUT2D eigenvalue weighted by molar-refractivity contribution is 0.285. The quantitative estimate of drug-likeness (QED) is 0.331. The summed E-state index contributed by atoms with van der Waals surface area (Å²) in [5.74, 6) is 0.611. The van der Waals surface area contributed by atoms with Crippen molar-refractivity contribution in [1.82, 2.24) is 9.03 Å². The Bertz CT molecular complexity index is 383. The lowest BCUT2D eigenvalue weighted by Gasteiger charge is -2.29. The second kappa shape index (κ2) is 7.58. The molecule has 1 heterocycles. The Kier molecular flexibility index (Phi) is 6.42. The summed E-state index contributed by atoms with van der Waals surface area (Å²) in [4.78, 5) is 2.64. The van der Waals surface area contributed by atoms with Crippen LogP contribution in [0, 0.1) is 5.92 Å². The highest BCUT2D eigenvalue weighted by Crippen LogP contribution is 2.17. The van der Waals surface area contributed by atoms with E-state index in [4.69, 9.17) is 5.53 Å². The highest BCUT2D eigenvalue weighted by atomic mass is 32.2. The number of hydrogen-bond acceptors (Lipinski definition) is 3. The summed E-state index contributed by atoms with van der Waals surface area (Å²) < 4.78 is 27.9. The Hall–Kier alpha value is -0.820. The molecule has 0 aliphatic carbocycles. The number of rotatable bonds is 7. The first-order valence-corrected chi connectivity index (χ1v) is 7.76. The van der Waals surface area contributed by atoms with Gasteiger partial charge in [-0.2, -0.15) is 12.7 Å². The summed E-state index contributed by atoms with van der Waals surface area (Å²) in [6.07, 6.45) is 3.24. The van der Waals surface area contributed by atoms with Crippen LogP contribution in [0.5, 0.6) is 0 Å². The SMILES string of the molecule is CC1CCN(S(=O)(=O)NCCCCN=[N+]=[N-])CC1. The average molecular weight is 275 g/mol. The first-order valence-electron chi connectivity index (χ1n) is 6.32. The van der Waals surface area contributed by atoms with Gasteiger partial charge in [0.05, 0.1) is 0 Å². The van der Waals surface area contributed by atoms with Crippen molar-refractivity contribution in [3.63, 3.8) is 0 Å². The van der Waals surface area contributed by atoms with Crippen molar-refractivity contribution in [1.29, 1.82) is 0 Å². The van der Waals surface area contributed by atoms with Crippen LogP contribution in [0.4, 0.5) is 0 Å². The molecule has 0 bridgehead atoms. The molecule has 0 saturated carbocycles. The molecule has 1 saturated heterocycles. The Labute approximate surface area is 108 Å². The minimum Gasteiger partial charge on any atom is -0.202 e. The van der Waals surface area contributed by atoms with Gasteiger partial charge < -0.3 is 0 Å². The molecule has 8 heteroatoms. The Morgan fingerprint density at radius 1 is 1.39 bits per heavy atom. The molecule has 1 aliphatic rings. The standard InChI is InChI=1S/C10H21N5O2S/c1-10-4-8-15(9-5-10)18(16,17)13-7-3-2-6-12-14-11/h10,13H,2-9H2,1H3. The first-order chi connectivity index (χ1) is 8.56. The zero-order chi connectivity index (χ0) is 13.4. The van der Waals surface area contributed by atoms with Gasteiger partial charge in [-0.25, -0.2) is 4.72 Å². The molecular weight excluding hydrogens is 254 g/mol. The molecule has 0 aromatic rings. The largest absolute Gasteiger partial charge is 0.279 e. The number of nitrogens with one attached hydrogen (secondary N) is 1. The zero-order valence-electron chi connectivity index (χ0n) is 10.7. The van der Waals surface area contributed by atoms with E-state index in [2.05, 4.69) is 21.7 Å². The summed E-state index contributed by atoms with van der Waals surface area (Å²) in [7, 11) is -3.32. The third-order valence-corrected chi connectivity index (χ3v) is 4.73. The van der Waals surface area contributed by atoms with E-state index in [1.165, 1.54) is 4.31 Å². The smallest absolute Gasteiger partial charge is 0.202 e. The minimum absolute atomic E-state index is 0.398. The Morgan fingerprint density at radius 3 is 2.67 bits per heavy atom. The Morgan fingerprint density at radius 2 is 2.06 bits per heavy atom. The molecule has 0 radical (unpaired) electrons. The van der Waals surface area contributed by atoms with E-state index in [0.717, 1.165) is 12.8 Å². The maximum absolute atomic E-state index is 11.9. The van der Waals surface area contributed by atoms with Crippen LogP contribution >= 0.6 is 0 Å². The Balaban J connectivity index is 2.25. The second-order valence-electron chi connectivity index (χ2n) is 4.64. The fraction of sp³-hybridized carbons (Fsp3) is 1.00. The molecule has 0 aromatic heterocycles. The highest BCUT2D eigenvalue weighted by Gasteiger charge is 2.25. The van der Waals surface area contributed by atoms with E-state index in [9.17, 15) is 8.42 Å². The average Bonchev–Trinajstić information content (AvgIpc) is 2.34. The van der Waals surface area contributed by atoms with Gasteiger partial charge in [0, 0.05) is 31.1 Å². The van der Waals surface area contributed by atoms with Gasteiger partial charge in [-0.3, -0.25) is 0 Å². The third kappa shape index (κ3) is 5.22. The fourth-order valence-corrected chi connectivity index (χ4v) is 3.15. The van der Waals surface area contributed by atoms with Crippen molar-refractivity contribution in [2.24, 2.45) is 11.0 Å². The third-order valence-electron chi connectivity index (χ3n) is 3.12. The number of piperidine rings is 1. The van der Waals surface area contributed by atoms with E-state index in [1.807, 2.05) is 0 Å². The molecule has 18 heavy (non-hydrogen) atoms. The summed E-state index contributed by atoms with van der Waals surface area (Å²) >= 11 is 0. The molecule has 0 atom stereocenters. The van der Waals surface area contributed by atoms with Gasteiger partial charge >= 0.3 is 0 Å². The van der Waals surface area contributed by atoms with Crippen molar-refractivity contribution in [3.8, 4) is 0 Å². The molecule has 1 aliphatic heterocycles. The molecule has 0 aromatic carbocycles. The molecule has 1 fully saturated rings. The van der Waals surface area contributed by atoms with Crippen LogP contribution in [0.25, 0.3) is 10.4 Å². The lowest BCUT2D eigenvalue weighted by atomic mass is 10.0. The molecular formula is C10H21N5O2S. The number of azide groups is 1. The van der Waals surface area contributed by atoms with Crippen molar-refractivity contribution in [2.45, 2.75) is 32.6 Å². The van der Waals surface area contributed by atoms with Crippen LogP contribution in [-0.2, 0) is 10.2 Å². The van der Waals surface area contributed by atoms with E-state index in [-0.39, 0.29) is 0 Å². The minimum atomic E-state index is -3.32. The normalized spacial score (nSPS) is 18.5. The van der Waals surface area contributed by atoms with Crippen molar-refractivity contribution < 1.29 is 8.42 Å². The highest BCUT2D eigenvalue weighted by molar-refractivity contribution is 7.87. The molecule has 7 nitrogen and oxygen atoms in total. The maximum atomic E-state index is 11.9. The summed E-state index contributed by atoms with van der Waals surface area (Å²) in [6.45, 7) is 4.17. The topological polar surface area (TPSA) is 98.2 Å². The molecule has 1 rings (SSSR count). The fourth-order valence-electron chi connectivity index (χ4n) is 1.87. The van der Waals surface area contributed by atoms with Crippen LogP contribution in [0.2, 0.25) is 0 Å². The molecule has 1 N–H and O–H groups in total. The van der Waals surface area contributed by atoms with Crippen molar-refractivity contribution in [3.05, 3.63) is 10.4 Å². The summed E-state index contributed by atoms with van der Waals surface area (Å²) in [6, 6.07) is 0. The van der Waals surface area contributed by atoms with E-state index < -0.39 is 10.2 Å². The number of hydrogen-bond donors (Lipinski definition) is 1. The number of nitrogens with zero attached hydrogens (tertiary/aromatic N) is 4. The van der Waals surface area contributed by atoms with Gasteiger partial charge in [-0.15, -0.1) is 0 Å². The maximum Gasteiger partial charge on any atom is 0.279 e. The van der Waals surface area contributed by atoms with Crippen LogP contribution in [0.1, 0.15) is 32.6 Å². The van der Waals surface area contributed by atoms with Crippen LogP contribution in [0.3, 0.4) is 0 Å². The van der Waals surface area contributed by atoms with Gasteiger partial charge in [0.15, 0.2) is 0 Å². The van der Waals surface area contributed by atoms with E-state index in [0.29, 0.717) is 44.9 Å². The van der Waals surface area contributed by atoms with E-state index in [1.54, 1.807) is 0 Å². The van der Waals surface area contributed by atoms with Gasteiger partial charge in [-0.1, -0.05) is 12.0 Å². The summed E-state index contributed by atoms with van der Waals surface area (Å²) in [5.41, 5.74) is 8.08. The van der Waals surface area contributed by atoms with Gasteiger partial charge in [0.2, 0.25) is 0 Å². The van der Waals surface area contributed by atoms with Crippen molar-refractivity contribution in [2.75, 3.05) is 26.2 Å². The van der Waals surface area contributed by atoms with Gasteiger partial charge in [0.25, 0.3) is 10.2 Å². The van der Waals surface area contributed by atoms with Gasteiger partial charge in [0.1, 0.15) is 0 Å². The molecule has 0 spiro atoms. The van der Waals surface area contributed by atoms with Crippen molar-refractivity contribution >= 4 is 10.2 Å². The number of unbranched alkanes of at least 4 members (excludes halogenated alkanes) is 1. The molecule has 104 valence electrons. The first kappa shape index (κ1) is 15.2. The molecule has 0 unspecified atom stereocenters.